The molecule has 1 aromatic carbocycles. The number of pyridine rings is 1. The maximum atomic E-state index is 10.5. The second-order valence-corrected chi connectivity index (χ2v) is 9.08. The molecule has 30 heavy (non-hydrogen) atoms. The van der Waals surface area contributed by atoms with Crippen molar-refractivity contribution in [1.82, 2.24) is 19.8 Å². The first-order chi connectivity index (χ1) is 14.2. The molecule has 154 valence electrons. The Bertz CT molecular complexity index is 1260. The van der Waals surface area contributed by atoms with Crippen LogP contribution in [0.3, 0.4) is 0 Å². The van der Waals surface area contributed by atoms with E-state index in [4.69, 9.17) is 16.1 Å². The fourth-order valence-electron chi connectivity index (χ4n) is 4.37. The Balaban J connectivity index is 1.67. The fourth-order valence-corrected chi connectivity index (χ4v) is 4.58. The SMILES string of the molecule is Cc1noc(C)c1-c1cc(C2(c3nnc4c(C(C)(C)O)cccn34)CC2)ccc1Cl. The topological polar surface area (TPSA) is 76.5 Å². The van der Waals surface area contributed by atoms with Gasteiger partial charge in [0.2, 0.25) is 0 Å². The third-order valence-corrected chi connectivity index (χ3v) is 6.42. The molecule has 6 nitrogen and oxygen atoms in total. The summed E-state index contributed by atoms with van der Waals surface area (Å²) >= 11 is 6.56. The highest BCUT2D eigenvalue weighted by molar-refractivity contribution is 6.33. The zero-order valence-corrected chi connectivity index (χ0v) is 18.2. The Morgan fingerprint density at radius 1 is 1.17 bits per heavy atom. The molecule has 0 atom stereocenters. The summed E-state index contributed by atoms with van der Waals surface area (Å²) in [5.41, 5.74) is 4.04. The number of nitrogens with zero attached hydrogens (tertiary/aromatic N) is 4. The molecule has 0 bridgehead atoms. The average Bonchev–Trinajstić information content (AvgIpc) is 3.27. The largest absolute Gasteiger partial charge is 0.386 e. The Labute approximate surface area is 179 Å². The van der Waals surface area contributed by atoms with E-state index >= 15 is 0 Å². The molecule has 7 heteroatoms. The number of benzene rings is 1. The molecular formula is C23H23ClN4O2. The van der Waals surface area contributed by atoms with Crippen LogP contribution in [-0.4, -0.2) is 24.9 Å². The van der Waals surface area contributed by atoms with Gasteiger partial charge in [-0.2, -0.15) is 0 Å². The van der Waals surface area contributed by atoms with Gasteiger partial charge in [-0.3, -0.25) is 4.40 Å². The molecule has 0 amide bonds. The maximum Gasteiger partial charge on any atom is 0.166 e. The van der Waals surface area contributed by atoms with E-state index in [1.54, 1.807) is 13.8 Å². The standard InChI is InChI=1S/C23H23ClN4O2/c1-13-19(14(2)30-27-13)16-12-15(7-8-18(16)24)23(9-10-23)21-26-25-20-17(22(3,4)29)6-5-11-28(20)21/h5-8,11-12,29H,9-10H2,1-4H3. The lowest BCUT2D eigenvalue weighted by molar-refractivity contribution is 0.0796. The molecule has 5 rings (SSSR count). The molecule has 1 aliphatic rings. The van der Waals surface area contributed by atoms with Gasteiger partial charge in [0.25, 0.3) is 0 Å². The first kappa shape index (κ1) is 19.3. The van der Waals surface area contributed by atoms with Crippen LogP contribution in [0.15, 0.2) is 41.1 Å². The van der Waals surface area contributed by atoms with Crippen LogP contribution < -0.4 is 0 Å². The summed E-state index contributed by atoms with van der Waals surface area (Å²) in [7, 11) is 0. The van der Waals surface area contributed by atoms with Crippen molar-refractivity contribution in [3.8, 4) is 11.1 Å². The third kappa shape index (κ3) is 2.78. The minimum atomic E-state index is -1.000. The molecule has 4 aromatic rings. The molecule has 0 radical (unpaired) electrons. The van der Waals surface area contributed by atoms with Crippen LogP contribution in [0.25, 0.3) is 16.8 Å². The zero-order valence-electron chi connectivity index (χ0n) is 17.4. The molecule has 1 fully saturated rings. The van der Waals surface area contributed by atoms with Crippen molar-refractivity contribution in [2.75, 3.05) is 0 Å². The molecular weight excluding hydrogens is 400 g/mol. The van der Waals surface area contributed by atoms with Gasteiger partial charge in [-0.05, 0) is 64.3 Å². The van der Waals surface area contributed by atoms with Crippen molar-refractivity contribution >= 4 is 17.2 Å². The van der Waals surface area contributed by atoms with Crippen LogP contribution in [0.4, 0.5) is 0 Å². The summed E-state index contributed by atoms with van der Waals surface area (Å²) in [6.45, 7) is 7.35. The number of hydrogen-bond donors (Lipinski definition) is 1. The first-order valence-corrected chi connectivity index (χ1v) is 10.4. The van der Waals surface area contributed by atoms with Crippen molar-refractivity contribution in [1.29, 1.82) is 0 Å². The summed E-state index contributed by atoms with van der Waals surface area (Å²) in [4.78, 5) is 0. The highest BCUT2D eigenvalue weighted by Gasteiger charge is 2.50. The lowest BCUT2D eigenvalue weighted by Gasteiger charge is -2.19. The minimum Gasteiger partial charge on any atom is -0.386 e. The van der Waals surface area contributed by atoms with Crippen LogP contribution in [0, 0.1) is 13.8 Å². The predicted octanol–water partition coefficient (Wildman–Crippen LogP) is 4.96. The lowest BCUT2D eigenvalue weighted by Crippen LogP contribution is -2.18. The van der Waals surface area contributed by atoms with Gasteiger partial charge in [0.1, 0.15) is 11.6 Å². The first-order valence-electron chi connectivity index (χ1n) is 10.0. The average molecular weight is 423 g/mol. The van der Waals surface area contributed by atoms with Crippen molar-refractivity contribution < 1.29 is 9.63 Å². The van der Waals surface area contributed by atoms with Gasteiger partial charge in [-0.25, -0.2) is 0 Å². The number of rotatable bonds is 4. The molecule has 0 aliphatic heterocycles. The second kappa shape index (κ2) is 6.40. The van der Waals surface area contributed by atoms with E-state index in [-0.39, 0.29) is 5.41 Å². The van der Waals surface area contributed by atoms with E-state index in [1.165, 1.54) is 0 Å². The van der Waals surface area contributed by atoms with Gasteiger partial charge in [-0.1, -0.05) is 28.9 Å². The van der Waals surface area contributed by atoms with Gasteiger partial charge >= 0.3 is 0 Å². The van der Waals surface area contributed by atoms with E-state index in [0.29, 0.717) is 10.7 Å². The molecule has 3 heterocycles. The van der Waals surface area contributed by atoms with Crippen LogP contribution >= 0.6 is 11.6 Å². The Morgan fingerprint density at radius 2 is 1.93 bits per heavy atom. The van der Waals surface area contributed by atoms with E-state index < -0.39 is 5.60 Å². The van der Waals surface area contributed by atoms with E-state index in [2.05, 4.69) is 27.5 Å². The molecule has 0 unspecified atom stereocenters. The van der Waals surface area contributed by atoms with Crippen molar-refractivity contribution in [2.45, 2.75) is 51.6 Å². The second-order valence-electron chi connectivity index (χ2n) is 8.67. The molecule has 3 aromatic heterocycles. The lowest BCUT2D eigenvalue weighted by atomic mass is 9.91. The van der Waals surface area contributed by atoms with Crippen molar-refractivity contribution in [3.63, 3.8) is 0 Å². The summed E-state index contributed by atoms with van der Waals surface area (Å²) in [5, 5.41) is 24.3. The molecule has 0 spiro atoms. The monoisotopic (exact) mass is 422 g/mol. The minimum absolute atomic E-state index is 0.226. The quantitative estimate of drug-likeness (QED) is 0.503. The Kier molecular flexibility index (Phi) is 4.11. The number of fused-ring (bicyclic) bond motifs is 1. The highest BCUT2D eigenvalue weighted by atomic mass is 35.5. The number of aryl methyl sites for hydroxylation is 2. The van der Waals surface area contributed by atoms with Crippen LogP contribution in [0.5, 0.6) is 0 Å². The molecule has 0 saturated heterocycles. The Morgan fingerprint density at radius 3 is 2.57 bits per heavy atom. The van der Waals surface area contributed by atoms with Crippen molar-refractivity contribution in [2.24, 2.45) is 0 Å². The summed E-state index contributed by atoms with van der Waals surface area (Å²) in [5.74, 6) is 1.63. The summed E-state index contributed by atoms with van der Waals surface area (Å²) in [6, 6.07) is 9.95. The van der Waals surface area contributed by atoms with E-state index in [9.17, 15) is 5.11 Å². The number of aromatic nitrogens is 4. The molecule has 1 aliphatic carbocycles. The number of aliphatic hydroxyl groups is 1. The number of halogens is 1. The van der Waals surface area contributed by atoms with Gasteiger partial charge in [-0.15, -0.1) is 10.2 Å². The van der Waals surface area contributed by atoms with Gasteiger partial charge in [0.15, 0.2) is 5.65 Å². The van der Waals surface area contributed by atoms with E-state index in [1.807, 2.05) is 42.6 Å². The maximum absolute atomic E-state index is 10.5. The van der Waals surface area contributed by atoms with Gasteiger partial charge in [0.05, 0.1) is 16.7 Å². The highest BCUT2D eigenvalue weighted by Crippen LogP contribution is 2.54. The molecule has 1 saturated carbocycles. The van der Waals surface area contributed by atoms with Crippen LogP contribution in [0.1, 0.15) is 55.1 Å². The smallest absolute Gasteiger partial charge is 0.166 e. The summed E-state index contributed by atoms with van der Waals surface area (Å²) < 4.78 is 7.37. The Hall–Kier alpha value is -2.70. The predicted molar refractivity (Wildman–Crippen MR) is 115 cm³/mol. The zero-order chi connectivity index (χ0) is 21.3. The van der Waals surface area contributed by atoms with Crippen LogP contribution in [-0.2, 0) is 11.0 Å². The summed E-state index contributed by atoms with van der Waals surface area (Å²) in [6.07, 6.45) is 3.91. The molecule has 1 N–H and O–H groups in total. The fraction of sp³-hybridized carbons (Fsp3) is 0.348. The van der Waals surface area contributed by atoms with Crippen LogP contribution in [0.2, 0.25) is 5.02 Å². The van der Waals surface area contributed by atoms with Gasteiger partial charge in [0, 0.05) is 27.9 Å². The van der Waals surface area contributed by atoms with Crippen molar-refractivity contribution in [3.05, 3.63) is 70.0 Å². The number of hydrogen-bond acceptors (Lipinski definition) is 5. The van der Waals surface area contributed by atoms with E-state index in [0.717, 1.165) is 52.4 Å². The third-order valence-electron chi connectivity index (χ3n) is 6.09. The normalized spacial score (nSPS) is 15.7. The van der Waals surface area contributed by atoms with Gasteiger partial charge < -0.3 is 9.63 Å².